The second-order valence-electron chi connectivity index (χ2n) is 6.12. The van der Waals surface area contributed by atoms with E-state index in [0.717, 1.165) is 48.8 Å². The van der Waals surface area contributed by atoms with Gasteiger partial charge in [0.05, 0.1) is 5.69 Å². The molecule has 1 atom stereocenters. The number of unbranched alkanes of at least 4 members (excludes halogenated alkanes) is 1. The van der Waals surface area contributed by atoms with Crippen molar-refractivity contribution in [3.05, 3.63) is 35.2 Å². The monoisotopic (exact) mass is 273 g/mol. The summed E-state index contributed by atoms with van der Waals surface area (Å²) in [7, 11) is 0. The van der Waals surface area contributed by atoms with E-state index in [2.05, 4.69) is 6.92 Å². The number of carbonyl (C=O) groups is 1. The van der Waals surface area contributed by atoms with Gasteiger partial charge in [0.15, 0.2) is 5.78 Å². The van der Waals surface area contributed by atoms with Crippen LogP contribution in [0.3, 0.4) is 0 Å². The summed E-state index contributed by atoms with van der Waals surface area (Å²) in [5.41, 5.74) is 8.99. The van der Waals surface area contributed by atoms with E-state index < -0.39 is 0 Å². The van der Waals surface area contributed by atoms with Gasteiger partial charge < -0.3 is 5.73 Å². The molecule has 2 nitrogen and oxygen atoms in total. The number of allylic oxidation sites excluding steroid dienone is 2. The number of anilines is 1. The molecule has 0 fully saturated rings. The lowest BCUT2D eigenvalue weighted by Crippen LogP contribution is -2.25. The molecule has 0 saturated carbocycles. The molecule has 3 heteroatoms. The van der Waals surface area contributed by atoms with Crippen LogP contribution in [0.1, 0.15) is 50.2 Å². The lowest BCUT2D eigenvalue weighted by Gasteiger charge is -2.34. The quantitative estimate of drug-likeness (QED) is 0.849. The van der Waals surface area contributed by atoms with Crippen molar-refractivity contribution in [2.75, 3.05) is 5.73 Å². The summed E-state index contributed by atoms with van der Waals surface area (Å²) in [5.74, 6) is -0.217. The maximum absolute atomic E-state index is 13.8. The minimum atomic E-state index is -0.381. The first-order valence-corrected chi connectivity index (χ1v) is 7.39. The van der Waals surface area contributed by atoms with E-state index in [-0.39, 0.29) is 22.7 Å². The van der Waals surface area contributed by atoms with Gasteiger partial charge in [-0.05, 0) is 54.2 Å². The predicted molar refractivity (Wildman–Crippen MR) is 78.7 cm³/mol. The molecule has 0 aromatic heterocycles. The average molecular weight is 273 g/mol. The van der Waals surface area contributed by atoms with Gasteiger partial charge >= 0.3 is 0 Å². The highest BCUT2D eigenvalue weighted by atomic mass is 19.1. The van der Waals surface area contributed by atoms with Crippen molar-refractivity contribution in [1.29, 1.82) is 0 Å². The van der Waals surface area contributed by atoms with Crippen molar-refractivity contribution in [2.24, 2.45) is 5.41 Å². The summed E-state index contributed by atoms with van der Waals surface area (Å²) in [4.78, 5) is 11.8. The van der Waals surface area contributed by atoms with Crippen LogP contribution in [0.2, 0.25) is 0 Å². The van der Waals surface area contributed by atoms with Gasteiger partial charge in [0.25, 0.3) is 0 Å². The number of rotatable bonds is 3. The van der Waals surface area contributed by atoms with Crippen molar-refractivity contribution >= 4 is 17.0 Å². The molecule has 106 valence electrons. The average Bonchev–Trinajstić information content (AvgIpc) is 2.71. The third kappa shape index (κ3) is 1.96. The minimum Gasteiger partial charge on any atom is -0.396 e. The molecule has 0 aliphatic heterocycles. The van der Waals surface area contributed by atoms with Crippen LogP contribution in [0.15, 0.2) is 18.2 Å². The molecule has 0 spiro atoms. The van der Waals surface area contributed by atoms with Crippen LogP contribution < -0.4 is 5.73 Å². The Morgan fingerprint density at radius 3 is 2.95 bits per heavy atom. The van der Waals surface area contributed by atoms with E-state index >= 15 is 0 Å². The number of carbonyl (C=O) groups excluding carboxylic acids is 1. The topological polar surface area (TPSA) is 43.1 Å². The molecule has 0 saturated heterocycles. The number of nitrogens with two attached hydrogens (primary N) is 1. The van der Waals surface area contributed by atoms with Gasteiger partial charge in [-0.2, -0.15) is 0 Å². The van der Waals surface area contributed by atoms with E-state index in [0.29, 0.717) is 6.42 Å². The highest BCUT2D eigenvalue weighted by molar-refractivity contribution is 6.01. The highest BCUT2D eigenvalue weighted by Crippen LogP contribution is 2.54. The molecule has 2 aliphatic rings. The van der Waals surface area contributed by atoms with Gasteiger partial charge in [0.1, 0.15) is 5.82 Å². The van der Waals surface area contributed by atoms with Gasteiger partial charge in [-0.15, -0.1) is 0 Å². The van der Waals surface area contributed by atoms with Gasteiger partial charge in [0, 0.05) is 11.8 Å². The van der Waals surface area contributed by atoms with E-state index in [1.807, 2.05) is 0 Å². The number of hydrogen-bond donors (Lipinski definition) is 1. The molecule has 0 bridgehead atoms. The number of nitrogen functional groups attached to an aromatic ring is 1. The molecular weight excluding hydrogens is 253 g/mol. The van der Waals surface area contributed by atoms with Gasteiger partial charge in [0.2, 0.25) is 0 Å². The van der Waals surface area contributed by atoms with E-state index in [1.165, 1.54) is 6.07 Å². The lowest BCUT2D eigenvalue weighted by atomic mass is 9.69. The van der Waals surface area contributed by atoms with Crippen LogP contribution in [0.4, 0.5) is 10.1 Å². The Morgan fingerprint density at radius 2 is 2.20 bits per heavy atom. The van der Waals surface area contributed by atoms with Crippen molar-refractivity contribution in [2.45, 2.75) is 45.4 Å². The first-order valence-electron chi connectivity index (χ1n) is 7.39. The fourth-order valence-corrected chi connectivity index (χ4v) is 3.69. The maximum Gasteiger partial charge on any atom is 0.156 e. The number of ketones is 1. The van der Waals surface area contributed by atoms with Crippen LogP contribution in [0.25, 0.3) is 5.57 Å². The molecule has 0 amide bonds. The Morgan fingerprint density at radius 1 is 1.40 bits per heavy atom. The third-order valence-corrected chi connectivity index (χ3v) is 4.78. The highest BCUT2D eigenvalue weighted by Gasteiger charge is 2.43. The molecule has 0 heterocycles. The Balaban J connectivity index is 2.10. The number of halogens is 1. The first-order chi connectivity index (χ1) is 9.55. The summed E-state index contributed by atoms with van der Waals surface area (Å²) in [6.07, 6.45) is 7.48. The number of hydrogen-bond acceptors (Lipinski definition) is 2. The van der Waals surface area contributed by atoms with E-state index in [4.69, 9.17) is 5.73 Å². The first kappa shape index (κ1) is 13.3. The fourth-order valence-electron chi connectivity index (χ4n) is 3.69. The lowest BCUT2D eigenvalue weighted by molar-refractivity contribution is -0.115. The summed E-state index contributed by atoms with van der Waals surface area (Å²) in [6.45, 7) is 2.17. The fraction of sp³-hybridized carbons (Fsp3) is 0.471. The van der Waals surface area contributed by atoms with Gasteiger partial charge in [-0.25, -0.2) is 4.39 Å². The number of benzene rings is 1. The summed E-state index contributed by atoms with van der Waals surface area (Å²) < 4.78 is 13.8. The minimum absolute atomic E-state index is 0.0342. The second kappa shape index (κ2) is 4.72. The predicted octanol–water partition coefficient (Wildman–Crippen LogP) is 3.89. The summed E-state index contributed by atoms with van der Waals surface area (Å²) in [6, 6.07) is 3.27. The molecule has 1 aromatic rings. The summed E-state index contributed by atoms with van der Waals surface area (Å²) in [5, 5.41) is 0. The molecule has 20 heavy (non-hydrogen) atoms. The van der Waals surface area contributed by atoms with Crippen LogP contribution in [-0.4, -0.2) is 5.78 Å². The molecule has 1 unspecified atom stereocenters. The Labute approximate surface area is 118 Å². The van der Waals surface area contributed by atoms with Crippen molar-refractivity contribution in [3.8, 4) is 0 Å². The van der Waals surface area contributed by atoms with Crippen LogP contribution >= 0.6 is 0 Å². The molecule has 1 aromatic carbocycles. The number of fused-ring (bicyclic) bond motifs is 3. The van der Waals surface area contributed by atoms with Crippen molar-refractivity contribution in [3.63, 3.8) is 0 Å². The zero-order valence-electron chi connectivity index (χ0n) is 11.8. The van der Waals surface area contributed by atoms with Crippen LogP contribution in [0, 0.1) is 11.2 Å². The normalized spacial score (nSPS) is 24.3. The van der Waals surface area contributed by atoms with Crippen LogP contribution in [0.5, 0.6) is 0 Å². The molecule has 0 radical (unpaired) electrons. The summed E-state index contributed by atoms with van der Waals surface area (Å²) >= 11 is 0. The standard InChI is InChI=1S/C17H20FNO/c1-2-3-5-17-6-4-12(20)8-14(17)13-9-15(18)16(19)7-11(13)10-17/h7-9H,2-6,10,19H2,1H3. The molecule has 2 N–H and O–H groups in total. The zero-order valence-corrected chi connectivity index (χ0v) is 11.8. The molecule has 2 aliphatic carbocycles. The Hall–Kier alpha value is -1.64. The maximum atomic E-state index is 13.8. The van der Waals surface area contributed by atoms with Crippen molar-refractivity contribution < 1.29 is 9.18 Å². The SMILES string of the molecule is CCCCC12CCC(=O)C=C1c1cc(F)c(N)cc1C2. The Kier molecular flexibility index (Phi) is 3.15. The van der Waals surface area contributed by atoms with Crippen molar-refractivity contribution in [1.82, 2.24) is 0 Å². The molecular formula is C17H20FNO. The molecule has 3 rings (SSSR count). The van der Waals surface area contributed by atoms with Gasteiger partial charge in [-0.3, -0.25) is 4.79 Å². The van der Waals surface area contributed by atoms with E-state index in [9.17, 15) is 9.18 Å². The second-order valence-corrected chi connectivity index (χ2v) is 6.12. The van der Waals surface area contributed by atoms with Crippen LogP contribution in [-0.2, 0) is 11.2 Å². The zero-order chi connectivity index (χ0) is 14.3. The van der Waals surface area contributed by atoms with E-state index in [1.54, 1.807) is 12.1 Å². The smallest absolute Gasteiger partial charge is 0.156 e. The third-order valence-electron chi connectivity index (χ3n) is 4.78. The largest absolute Gasteiger partial charge is 0.396 e. The van der Waals surface area contributed by atoms with Gasteiger partial charge in [-0.1, -0.05) is 19.8 Å². The Bertz CT molecular complexity index is 605.